The number of sulfonamides is 1. The standard InChI is InChI=1S/C24H31N3O6S/c1-3-20(24(29)25-16-18-10-9-15-33-18)27(21-13-7-8-14-22(21)32-2)23(28)17-26-34(30,31)19-11-5-4-6-12-19/h4-8,11-14,18,20,26H,3,9-10,15-17H2,1-2H3,(H,25,29). The van der Waals surface area contributed by atoms with Gasteiger partial charge in [-0.05, 0) is 43.5 Å². The highest BCUT2D eigenvalue weighted by molar-refractivity contribution is 7.89. The molecular weight excluding hydrogens is 458 g/mol. The molecular formula is C24H31N3O6S. The van der Waals surface area contributed by atoms with E-state index in [4.69, 9.17) is 9.47 Å². The van der Waals surface area contributed by atoms with Crippen LogP contribution in [-0.4, -0.2) is 59.2 Å². The number of para-hydroxylation sites is 2. The maximum atomic E-state index is 13.4. The average Bonchev–Trinajstić information content (AvgIpc) is 3.39. The predicted octanol–water partition coefficient (Wildman–Crippen LogP) is 2.08. The molecule has 2 atom stereocenters. The summed E-state index contributed by atoms with van der Waals surface area (Å²) >= 11 is 0. The maximum absolute atomic E-state index is 13.4. The fraction of sp³-hybridized carbons (Fsp3) is 0.417. The van der Waals surface area contributed by atoms with Gasteiger partial charge in [0, 0.05) is 13.2 Å². The molecule has 34 heavy (non-hydrogen) atoms. The van der Waals surface area contributed by atoms with Crippen molar-refractivity contribution in [1.82, 2.24) is 10.0 Å². The second-order valence-electron chi connectivity index (χ2n) is 7.88. The third kappa shape index (κ3) is 6.34. The SMILES string of the molecule is CCC(C(=O)NCC1CCCO1)N(C(=O)CNS(=O)(=O)c1ccccc1)c1ccccc1OC. The van der Waals surface area contributed by atoms with Crippen LogP contribution in [0.4, 0.5) is 5.69 Å². The van der Waals surface area contributed by atoms with Crippen LogP contribution in [0.25, 0.3) is 0 Å². The molecule has 2 aromatic carbocycles. The van der Waals surface area contributed by atoms with Crippen molar-refractivity contribution in [3.63, 3.8) is 0 Å². The molecule has 0 spiro atoms. The van der Waals surface area contributed by atoms with Crippen LogP contribution in [0.1, 0.15) is 26.2 Å². The van der Waals surface area contributed by atoms with Crippen molar-refractivity contribution in [3.05, 3.63) is 54.6 Å². The van der Waals surface area contributed by atoms with E-state index >= 15 is 0 Å². The number of carbonyl (C=O) groups is 2. The van der Waals surface area contributed by atoms with Gasteiger partial charge in [-0.25, -0.2) is 13.1 Å². The quantitative estimate of drug-likeness (QED) is 0.500. The third-order valence-corrected chi connectivity index (χ3v) is 7.03. The van der Waals surface area contributed by atoms with Crippen LogP contribution in [0.5, 0.6) is 5.75 Å². The van der Waals surface area contributed by atoms with Crippen LogP contribution < -0.4 is 19.7 Å². The summed E-state index contributed by atoms with van der Waals surface area (Å²) in [4.78, 5) is 27.9. The van der Waals surface area contributed by atoms with Crippen molar-refractivity contribution in [1.29, 1.82) is 0 Å². The topological polar surface area (TPSA) is 114 Å². The first-order chi connectivity index (χ1) is 16.4. The van der Waals surface area contributed by atoms with Crippen LogP contribution >= 0.6 is 0 Å². The van der Waals surface area contributed by atoms with Gasteiger partial charge in [0.2, 0.25) is 21.8 Å². The van der Waals surface area contributed by atoms with Gasteiger partial charge in [-0.3, -0.25) is 14.5 Å². The Bertz CT molecular complexity index is 1070. The number of nitrogens with one attached hydrogen (secondary N) is 2. The molecule has 2 amide bonds. The Hall–Kier alpha value is -2.95. The summed E-state index contributed by atoms with van der Waals surface area (Å²) in [6, 6.07) is 13.7. The number of carbonyl (C=O) groups excluding carboxylic acids is 2. The number of nitrogens with zero attached hydrogens (tertiary/aromatic N) is 1. The van der Waals surface area contributed by atoms with Gasteiger partial charge >= 0.3 is 0 Å². The van der Waals surface area contributed by atoms with Gasteiger partial charge in [0.15, 0.2) is 0 Å². The smallest absolute Gasteiger partial charge is 0.243 e. The highest BCUT2D eigenvalue weighted by atomic mass is 32.2. The Morgan fingerprint density at radius 3 is 2.50 bits per heavy atom. The Balaban J connectivity index is 1.83. The Labute approximate surface area is 200 Å². The monoisotopic (exact) mass is 489 g/mol. The lowest BCUT2D eigenvalue weighted by Crippen LogP contribution is -2.53. The zero-order valence-corrected chi connectivity index (χ0v) is 20.2. The van der Waals surface area contributed by atoms with Crippen molar-refractivity contribution in [3.8, 4) is 5.75 Å². The van der Waals surface area contributed by atoms with Crippen LogP contribution in [0.2, 0.25) is 0 Å². The van der Waals surface area contributed by atoms with Gasteiger partial charge in [-0.2, -0.15) is 0 Å². The van der Waals surface area contributed by atoms with E-state index in [1.807, 2.05) is 0 Å². The van der Waals surface area contributed by atoms with E-state index in [0.29, 0.717) is 31.0 Å². The lowest BCUT2D eigenvalue weighted by Gasteiger charge is -2.31. The molecule has 9 nitrogen and oxygen atoms in total. The number of amides is 2. The molecule has 184 valence electrons. The molecule has 2 N–H and O–H groups in total. The van der Waals surface area contributed by atoms with Crippen LogP contribution in [0.15, 0.2) is 59.5 Å². The highest BCUT2D eigenvalue weighted by Crippen LogP contribution is 2.30. The number of methoxy groups -OCH3 is 1. The molecule has 1 aliphatic heterocycles. The summed E-state index contributed by atoms with van der Waals surface area (Å²) in [7, 11) is -2.44. The van der Waals surface area contributed by atoms with Crippen molar-refractivity contribution in [2.75, 3.05) is 31.7 Å². The second kappa shape index (κ2) is 12.0. The summed E-state index contributed by atoms with van der Waals surface area (Å²) in [6.45, 7) is 2.29. The largest absolute Gasteiger partial charge is 0.495 e. The summed E-state index contributed by atoms with van der Waals surface area (Å²) < 4.78 is 38.6. The van der Waals surface area contributed by atoms with Gasteiger partial charge in [-0.1, -0.05) is 37.3 Å². The lowest BCUT2D eigenvalue weighted by molar-refractivity contribution is -0.126. The van der Waals surface area contributed by atoms with E-state index in [2.05, 4.69) is 10.0 Å². The van der Waals surface area contributed by atoms with Crippen LogP contribution in [-0.2, 0) is 24.3 Å². The molecule has 10 heteroatoms. The summed E-state index contributed by atoms with van der Waals surface area (Å²) in [5.74, 6) is -0.529. The van der Waals surface area contributed by atoms with E-state index < -0.39 is 28.5 Å². The molecule has 1 heterocycles. The zero-order chi connectivity index (χ0) is 24.6. The molecule has 0 bridgehead atoms. The number of rotatable bonds is 11. The molecule has 0 saturated carbocycles. The zero-order valence-electron chi connectivity index (χ0n) is 19.4. The third-order valence-electron chi connectivity index (χ3n) is 5.61. The van der Waals surface area contributed by atoms with Gasteiger partial charge in [0.25, 0.3) is 0 Å². The molecule has 0 aromatic heterocycles. The molecule has 2 unspecified atom stereocenters. The predicted molar refractivity (Wildman–Crippen MR) is 128 cm³/mol. The summed E-state index contributed by atoms with van der Waals surface area (Å²) in [5, 5.41) is 2.88. The normalized spacial score (nSPS) is 16.6. The lowest BCUT2D eigenvalue weighted by atomic mass is 10.1. The first-order valence-corrected chi connectivity index (χ1v) is 12.7. The van der Waals surface area contributed by atoms with E-state index in [9.17, 15) is 18.0 Å². The van der Waals surface area contributed by atoms with Crippen molar-refractivity contribution in [2.45, 2.75) is 43.2 Å². The first-order valence-electron chi connectivity index (χ1n) is 11.3. The van der Waals surface area contributed by atoms with E-state index in [1.54, 1.807) is 49.4 Å². The van der Waals surface area contributed by atoms with Crippen LogP contribution in [0.3, 0.4) is 0 Å². The summed E-state index contributed by atoms with van der Waals surface area (Å²) in [5.41, 5.74) is 0.382. The number of hydrogen-bond donors (Lipinski definition) is 2. The van der Waals surface area contributed by atoms with Gasteiger partial charge in [0.05, 0.1) is 30.3 Å². The number of benzene rings is 2. The molecule has 3 rings (SSSR count). The molecule has 2 aromatic rings. The summed E-state index contributed by atoms with van der Waals surface area (Å²) in [6.07, 6.45) is 2.08. The van der Waals surface area contributed by atoms with E-state index in [-0.39, 0.29) is 16.9 Å². The van der Waals surface area contributed by atoms with E-state index in [0.717, 1.165) is 12.8 Å². The molecule has 0 aliphatic carbocycles. The van der Waals surface area contributed by atoms with Gasteiger partial charge in [-0.15, -0.1) is 0 Å². The number of ether oxygens (including phenoxy) is 2. The minimum atomic E-state index is -3.91. The molecule has 1 fully saturated rings. The number of hydrogen-bond acceptors (Lipinski definition) is 6. The highest BCUT2D eigenvalue weighted by Gasteiger charge is 2.32. The second-order valence-corrected chi connectivity index (χ2v) is 9.64. The first kappa shape index (κ1) is 25.7. The average molecular weight is 490 g/mol. The molecule has 1 saturated heterocycles. The fourth-order valence-corrected chi connectivity index (χ4v) is 4.85. The maximum Gasteiger partial charge on any atom is 0.243 e. The molecule has 0 radical (unpaired) electrons. The van der Waals surface area contributed by atoms with Crippen molar-refractivity contribution < 1.29 is 27.5 Å². The number of anilines is 1. The van der Waals surface area contributed by atoms with Crippen molar-refractivity contribution in [2.24, 2.45) is 0 Å². The molecule has 1 aliphatic rings. The van der Waals surface area contributed by atoms with Gasteiger partial charge in [0.1, 0.15) is 11.8 Å². The van der Waals surface area contributed by atoms with Gasteiger partial charge < -0.3 is 14.8 Å². The van der Waals surface area contributed by atoms with E-state index in [1.165, 1.54) is 24.1 Å². The van der Waals surface area contributed by atoms with Crippen LogP contribution in [0, 0.1) is 0 Å². The Morgan fingerprint density at radius 2 is 1.85 bits per heavy atom. The minimum absolute atomic E-state index is 0.0467. The Kier molecular flexibility index (Phi) is 9.03. The fourth-order valence-electron chi connectivity index (χ4n) is 3.85. The minimum Gasteiger partial charge on any atom is -0.495 e. The van der Waals surface area contributed by atoms with Crippen molar-refractivity contribution >= 4 is 27.5 Å². The Morgan fingerprint density at radius 1 is 1.15 bits per heavy atom.